The topological polar surface area (TPSA) is 85.8 Å². The van der Waals surface area contributed by atoms with Gasteiger partial charge in [0.25, 0.3) is 11.8 Å². The van der Waals surface area contributed by atoms with E-state index in [1.807, 2.05) is 56.1 Å². The van der Waals surface area contributed by atoms with Gasteiger partial charge in [-0.25, -0.2) is 0 Å². The molecule has 0 saturated carbocycles. The molecule has 1 aliphatic heterocycles. The largest absolute Gasteiger partial charge is 0.355 e. The second-order valence-corrected chi connectivity index (χ2v) is 9.43. The number of carbonyl (C=O) groups excluding carboxylic acids is 2. The molecular weight excluding hydrogens is 402 g/mol. The molecule has 3 N–H and O–H groups in total. The third-order valence-electron chi connectivity index (χ3n) is 5.20. The van der Waals surface area contributed by atoms with Gasteiger partial charge in [0.05, 0.1) is 0 Å². The molecule has 7 nitrogen and oxygen atoms in total. The third-order valence-corrected chi connectivity index (χ3v) is 5.20. The minimum absolute atomic E-state index is 0.0690. The molecule has 32 heavy (non-hydrogen) atoms. The monoisotopic (exact) mass is 435 g/mol. The number of hydrogen-bond acceptors (Lipinski definition) is 3. The van der Waals surface area contributed by atoms with E-state index in [1.54, 1.807) is 12.1 Å². The maximum absolute atomic E-state index is 12.8. The number of rotatable bonds is 5. The Labute approximate surface area is 190 Å². The van der Waals surface area contributed by atoms with E-state index in [1.165, 1.54) is 0 Å². The molecule has 0 radical (unpaired) electrons. The molecule has 1 fully saturated rings. The van der Waals surface area contributed by atoms with Gasteiger partial charge < -0.3 is 20.9 Å². The minimum Gasteiger partial charge on any atom is -0.355 e. The number of nitrogens with zero attached hydrogens (tertiary/aromatic N) is 2. The first kappa shape index (κ1) is 23.3. The van der Waals surface area contributed by atoms with Crippen LogP contribution in [0.25, 0.3) is 0 Å². The summed E-state index contributed by atoms with van der Waals surface area (Å²) in [4.78, 5) is 31.3. The predicted octanol–water partition coefficient (Wildman–Crippen LogP) is 3.90. The molecule has 2 amide bonds. The molecule has 0 aromatic heterocycles. The molecule has 1 saturated heterocycles. The van der Waals surface area contributed by atoms with Gasteiger partial charge in [-0.05, 0) is 61.2 Å². The quantitative estimate of drug-likeness (QED) is 0.663. The molecular formula is C25H33N5O2. The number of hydrogen-bond donors (Lipinski definition) is 3. The van der Waals surface area contributed by atoms with Gasteiger partial charge in [0.15, 0.2) is 0 Å². The lowest BCUT2D eigenvalue weighted by molar-refractivity contribution is 0.0942. The zero-order chi connectivity index (χ0) is 23.5. The van der Waals surface area contributed by atoms with Crippen LogP contribution in [0.1, 0.15) is 60.9 Å². The molecule has 170 valence electrons. The van der Waals surface area contributed by atoms with Crippen molar-refractivity contribution in [3.8, 4) is 0 Å². The highest BCUT2D eigenvalue weighted by Gasteiger charge is 2.22. The summed E-state index contributed by atoms with van der Waals surface area (Å²) in [5.41, 5.74) is 3.62. The molecule has 0 spiro atoms. The highest BCUT2D eigenvalue weighted by Crippen LogP contribution is 2.33. The normalized spacial score (nSPS) is 15.1. The number of aliphatic imine (C=N–C) groups is 1. The lowest BCUT2D eigenvalue weighted by Gasteiger charge is -2.24. The van der Waals surface area contributed by atoms with E-state index in [2.05, 4.69) is 41.7 Å². The average Bonchev–Trinajstić information content (AvgIpc) is 3.11. The molecule has 2 aromatic carbocycles. The van der Waals surface area contributed by atoms with Crippen molar-refractivity contribution in [2.24, 2.45) is 4.99 Å². The van der Waals surface area contributed by atoms with E-state index >= 15 is 0 Å². The Hall–Kier alpha value is -3.35. The van der Waals surface area contributed by atoms with Crippen LogP contribution in [0, 0.1) is 0 Å². The third kappa shape index (κ3) is 5.66. The lowest BCUT2D eigenvalue weighted by Crippen LogP contribution is -2.30. The molecule has 0 atom stereocenters. The Morgan fingerprint density at radius 2 is 1.84 bits per heavy atom. The summed E-state index contributed by atoms with van der Waals surface area (Å²) < 4.78 is 0. The lowest BCUT2D eigenvalue weighted by atomic mass is 9.84. The van der Waals surface area contributed by atoms with Crippen molar-refractivity contribution in [3.63, 3.8) is 0 Å². The summed E-state index contributed by atoms with van der Waals surface area (Å²) in [6.45, 7) is 11.8. The second-order valence-electron chi connectivity index (χ2n) is 9.43. The van der Waals surface area contributed by atoms with Crippen molar-refractivity contribution in [1.82, 2.24) is 15.5 Å². The predicted molar refractivity (Wildman–Crippen MR) is 130 cm³/mol. The summed E-state index contributed by atoms with van der Waals surface area (Å²) >= 11 is 0. The smallest absolute Gasteiger partial charge is 0.280 e. The van der Waals surface area contributed by atoms with E-state index < -0.39 is 0 Å². The Balaban J connectivity index is 1.89. The maximum atomic E-state index is 12.8. The highest BCUT2D eigenvalue weighted by atomic mass is 16.2. The van der Waals surface area contributed by atoms with Crippen LogP contribution < -0.4 is 16.0 Å². The molecule has 3 rings (SSSR count). The van der Waals surface area contributed by atoms with Crippen molar-refractivity contribution in [1.29, 1.82) is 0 Å². The Bertz CT molecular complexity index is 1040. The van der Waals surface area contributed by atoms with Gasteiger partial charge in [0, 0.05) is 48.7 Å². The number of anilines is 2. The summed E-state index contributed by atoms with van der Waals surface area (Å²) in [5, 5.41) is 9.47. The standard InChI is InChI=1S/C25H33N5O2/c1-16(2)27-22(31)17-8-7-9-19(14-17)28-21-11-10-18(15-20(21)25(3,4)5)23(32)29-24-26-12-13-30(24)6/h7-11,14-16,28H,12-13H2,1-6H3,(H,27,31)(H,26,29,32). The van der Waals surface area contributed by atoms with Gasteiger partial charge in [0.2, 0.25) is 5.96 Å². The Morgan fingerprint density at radius 1 is 1.09 bits per heavy atom. The Morgan fingerprint density at radius 3 is 2.47 bits per heavy atom. The molecule has 7 heteroatoms. The highest BCUT2D eigenvalue weighted by molar-refractivity contribution is 6.03. The fourth-order valence-corrected chi connectivity index (χ4v) is 3.51. The van der Waals surface area contributed by atoms with Crippen LogP contribution in [0.3, 0.4) is 0 Å². The average molecular weight is 436 g/mol. The number of benzene rings is 2. The first-order valence-electron chi connectivity index (χ1n) is 10.9. The fraction of sp³-hybridized carbons (Fsp3) is 0.400. The van der Waals surface area contributed by atoms with Crippen molar-refractivity contribution in [2.75, 3.05) is 25.5 Å². The van der Waals surface area contributed by atoms with Crippen molar-refractivity contribution >= 4 is 29.1 Å². The van der Waals surface area contributed by atoms with Gasteiger partial charge in [-0.1, -0.05) is 26.8 Å². The number of carbonyl (C=O) groups is 2. The van der Waals surface area contributed by atoms with Gasteiger partial charge in [-0.15, -0.1) is 0 Å². The Kier molecular flexibility index (Phi) is 6.87. The van der Waals surface area contributed by atoms with E-state index in [0.29, 0.717) is 17.1 Å². The molecule has 2 aromatic rings. The second kappa shape index (κ2) is 9.42. The number of amides is 2. The molecule has 0 aliphatic carbocycles. The first-order chi connectivity index (χ1) is 15.0. The van der Waals surface area contributed by atoms with Crippen LogP contribution in [-0.4, -0.2) is 48.9 Å². The summed E-state index contributed by atoms with van der Waals surface area (Å²) in [5.74, 6) is 0.224. The van der Waals surface area contributed by atoms with Crippen LogP contribution in [0.4, 0.5) is 11.4 Å². The minimum atomic E-state index is -0.273. The number of nitrogens with one attached hydrogen (secondary N) is 3. The summed E-state index contributed by atoms with van der Waals surface area (Å²) in [6, 6.07) is 13.1. The van der Waals surface area contributed by atoms with E-state index in [-0.39, 0.29) is 23.3 Å². The summed E-state index contributed by atoms with van der Waals surface area (Å²) in [6.07, 6.45) is 0. The fourth-order valence-electron chi connectivity index (χ4n) is 3.51. The van der Waals surface area contributed by atoms with Crippen molar-refractivity contribution in [2.45, 2.75) is 46.1 Å². The first-order valence-corrected chi connectivity index (χ1v) is 10.9. The number of guanidine groups is 1. The molecule has 1 aliphatic rings. The zero-order valence-corrected chi connectivity index (χ0v) is 19.7. The summed E-state index contributed by atoms with van der Waals surface area (Å²) in [7, 11) is 1.91. The van der Waals surface area contributed by atoms with Gasteiger partial charge in [-0.3, -0.25) is 9.59 Å². The van der Waals surface area contributed by atoms with Gasteiger partial charge in [0.1, 0.15) is 0 Å². The van der Waals surface area contributed by atoms with Gasteiger partial charge >= 0.3 is 0 Å². The van der Waals surface area contributed by atoms with E-state index in [0.717, 1.165) is 30.0 Å². The van der Waals surface area contributed by atoms with Crippen LogP contribution in [0.2, 0.25) is 0 Å². The van der Waals surface area contributed by atoms with Crippen molar-refractivity contribution < 1.29 is 9.59 Å². The SMILES string of the molecule is CC(C)NC(=O)c1cccc(Nc2ccc(C(=O)/N=C3\NCCN3C)cc2C(C)(C)C)c1. The van der Waals surface area contributed by atoms with Crippen LogP contribution >= 0.6 is 0 Å². The van der Waals surface area contributed by atoms with Crippen LogP contribution in [0.15, 0.2) is 47.5 Å². The van der Waals surface area contributed by atoms with Gasteiger partial charge in [-0.2, -0.15) is 4.99 Å². The van der Waals surface area contributed by atoms with Crippen LogP contribution in [0.5, 0.6) is 0 Å². The van der Waals surface area contributed by atoms with Crippen LogP contribution in [-0.2, 0) is 5.41 Å². The molecule has 0 unspecified atom stereocenters. The maximum Gasteiger partial charge on any atom is 0.280 e. The zero-order valence-electron chi connectivity index (χ0n) is 19.7. The van der Waals surface area contributed by atoms with E-state index in [9.17, 15) is 9.59 Å². The van der Waals surface area contributed by atoms with Crippen molar-refractivity contribution in [3.05, 3.63) is 59.2 Å². The van der Waals surface area contributed by atoms with E-state index in [4.69, 9.17) is 0 Å². The number of likely N-dealkylation sites (N-methyl/N-ethyl adjacent to an activating group) is 1. The molecule has 0 bridgehead atoms. The molecule has 1 heterocycles.